The fourth-order valence-corrected chi connectivity index (χ4v) is 4.55. The first kappa shape index (κ1) is 24.9. The number of benzene rings is 1. The van der Waals surface area contributed by atoms with Gasteiger partial charge in [0, 0.05) is 17.1 Å². The Morgan fingerprint density at radius 3 is 2.58 bits per heavy atom. The molecule has 1 aromatic carbocycles. The van der Waals surface area contributed by atoms with Crippen LogP contribution in [0.15, 0.2) is 59.3 Å². The van der Waals surface area contributed by atoms with Crippen molar-refractivity contribution in [3.05, 3.63) is 76.8 Å². The van der Waals surface area contributed by atoms with E-state index in [-0.39, 0.29) is 22.8 Å². The quantitative estimate of drug-likeness (QED) is 0.347. The number of fused-ring (bicyclic) bond motifs is 1. The van der Waals surface area contributed by atoms with E-state index in [4.69, 9.17) is 15.9 Å². The van der Waals surface area contributed by atoms with Gasteiger partial charge in [-0.3, -0.25) is 19.4 Å². The number of furan rings is 1. The van der Waals surface area contributed by atoms with Crippen molar-refractivity contribution < 1.29 is 18.8 Å². The van der Waals surface area contributed by atoms with Crippen LogP contribution in [0.5, 0.6) is 0 Å². The molecule has 3 heterocycles. The second kappa shape index (κ2) is 9.78. The Labute approximate surface area is 211 Å². The van der Waals surface area contributed by atoms with Gasteiger partial charge >= 0.3 is 0 Å². The van der Waals surface area contributed by atoms with Crippen LogP contribution < -0.4 is 16.8 Å². The highest BCUT2D eigenvalue weighted by molar-refractivity contribution is 7.09. The van der Waals surface area contributed by atoms with E-state index < -0.39 is 29.3 Å². The molecule has 0 radical (unpaired) electrons. The number of aromatic nitrogens is 2. The first-order valence-electron chi connectivity index (χ1n) is 11.1. The number of amides is 3. The summed E-state index contributed by atoms with van der Waals surface area (Å²) in [5.74, 6) is -1.37. The summed E-state index contributed by atoms with van der Waals surface area (Å²) in [7, 11) is 0. The van der Waals surface area contributed by atoms with Gasteiger partial charge in [-0.25, -0.2) is 0 Å². The summed E-state index contributed by atoms with van der Waals surface area (Å²) in [6, 6.07) is 11.4. The van der Waals surface area contributed by atoms with Crippen LogP contribution in [0.4, 0.5) is 5.69 Å². The highest BCUT2D eigenvalue weighted by Gasteiger charge is 2.36. The third-order valence-electron chi connectivity index (χ3n) is 5.32. The first-order valence-corrected chi connectivity index (χ1v) is 11.9. The van der Waals surface area contributed by atoms with Gasteiger partial charge in [-0.15, -0.1) is 0 Å². The molecule has 11 heteroatoms. The molecule has 0 aliphatic carbocycles. The van der Waals surface area contributed by atoms with E-state index in [1.807, 2.05) is 32.9 Å². The third-order valence-corrected chi connectivity index (χ3v) is 6.17. The zero-order valence-corrected chi connectivity index (χ0v) is 20.8. The molecule has 3 aromatic heterocycles. The summed E-state index contributed by atoms with van der Waals surface area (Å²) in [6.07, 6.45) is 3.16. The van der Waals surface area contributed by atoms with Gasteiger partial charge in [-0.2, -0.15) is 4.37 Å². The number of nitrogens with zero attached hydrogens (tertiary/aromatic N) is 3. The van der Waals surface area contributed by atoms with Crippen molar-refractivity contribution in [1.29, 1.82) is 0 Å². The Hall–Kier alpha value is -4.25. The average molecular weight is 507 g/mol. The maximum Gasteiger partial charge on any atom is 0.270 e. The maximum atomic E-state index is 13.9. The zero-order valence-electron chi connectivity index (χ0n) is 20.0. The van der Waals surface area contributed by atoms with Crippen LogP contribution in [0, 0.1) is 0 Å². The largest absolute Gasteiger partial charge is 0.467 e. The summed E-state index contributed by atoms with van der Waals surface area (Å²) < 4.78 is 9.46. The molecule has 3 amide bonds. The summed E-state index contributed by atoms with van der Waals surface area (Å²) in [5, 5.41) is 3.78. The molecule has 4 aromatic rings. The van der Waals surface area contributed by atoms with Gasteiger partial charge < -0.3 is 26.1 Å². The Morgan fingerprint density at radius 2 is 1.94 bits per heavy atom. The zero-order chi connectivity index (χ0) is 26.0. The number of nitrogens with one attached hydrogen (secondary N) is 1. The highest BCUT2D eigenvalue weighted by atomic mass is 32.1. The van der Waals surface area contributed by atoms with Gasteiger partial charge in [0.25, 0.3) is 11.8 Å². The van der Waals surface area contributed by atoms with Gasteiger partial charge in [-0.1, -0.05) is 12.1 Å². The summed E-state index contributed by atoms with van der Waals surface area (Å²) in [4.78, 5) is 45.0. The van der Waals surface area contributed by atoms with Crippen molar-refractivity contribution in [1.82, 2.24) is 19.6 Å². The molecule has 10 nitrogen and oxygen atoms in total. The van der Waals surface area contributed by atoms with Gasteiger partial charge in [0.05, 0.1) is 24.0 Å². The molecular weight excluding hydrogens is 480 g/mol. The number of carbonyl (C=O) groups is 3. The van der Waals surface area contributed by atoms with Crippen LogP contribution >= 0.6 is 11.5 Å². The van der Waals surface area contributed by atoms with E-state index in [0.29, 0.717) is 11.3 Å². The van der Waals surface area contributed by atoms with Crippen LogP contribution in [-0.2, 0) is 11.3 Å². The number of carbonyl (C=O) groups excluding carboxylic acids is 3. The van der Waals surface area contributed by atoms with Crippen molar-refractivity contribution in [2.45, 2.75) is 38.9 Å². The molecule has 0 bridgehead atoms. The maximum absolute atomic E-state index is 13.9. The smallest absolute Gasteiger partial charge is 0.270 e. The van der Waals surface area contributed by atoms with Crippen LogP contribution in [0.2, 0.25) is 0 Å². The normalized spacial score (nSPS) is 12.3. The Morgan fingerprint density at radius 1 is 1.17 bits per heavy atom. The molecule has 0 unspecified atom stereocenters. The number of hydrogen-bond donors (Lipinski definition) is 3. The lowest BCUT2D eigenvalue weighted by Gasteiger charge is -2.33. The summed E-state index contributed by atoms with van der Waals surface area (Å²) in [5.41, 5.74) is 11.9. The van der Waals surface area contributed by atoms with Crippen LogP contribution in [0.3, 0.4) is 0 Å². The van der Waals surface area contributed by atoms with Crippen LogP contribution in [0.25, 0.3) is 10.9 Å². The SMILES string of the molecule is CC(C)(C)NC(=O)[C@@H](c1ccc2ncccc2c1)N(Cc1ccco1)C(=O)c1snc(C(N)=O)c1N. The molecule has 0 aliphatic rings. The predicted molar refractivity (Wildman–Crippen MR) is 136 cm³/mol. The fraction of sp³-hybridized carbons (Fsp3) is 0.240. The van der Waals surface area contributed by atoms with E-state index in [9.17, 15) is 14.4 Å². The molecule has 4 rings (SSSR count). The van der Waals surface area contributed by atoms with E-state index >= 15 is 0 Å². The number of anilines is 1. The van der Waals surface area contributed by atoms with Crippen molar-refractivity contribution in [2.24, 2.45) is 5.73 Å². The number of nitrogen functional groups attached to an aromatic ring is 1. The fourth-order valence-electron chi connectivity index (χ4n) is 3.79. The molecule has 1 atom stereocenters. The summed E-state index contributed by atoms with van der Waals surface area (Å²) >= 11 is 0.754. The third kappa shape index (κ3) is 5.20. The second-order valence-corrected chi connectivity index (χ2v) is 10.0. The van der Waals surface area contributed by atoms with Gasteiger partial charge in [0.1, 0.15) is 16.7 Å². The number of pyridine rings is 1. The Kier molecular flexibility index (Phi) is 6.75. The molecular formula is C25H26N6O4S. The van der Waals surface area contributed by atoms with Crippen molar-refractivity contribution in [2.75, 3.05) is 5.73 Å². The molecule has 0 fully saturated rings. The number of nitrogens with two attached hydrogens (primary N) is 2. The summed E-state index contributed by atoms with van der Waals surface area (Å²) in [6.45, 7) is 5.52. The lowest BCUT2D eigenvalue weighted by Crippen LogP contribution is -2.49. The average Bonchev–Trinajstić information content (AvgIpc) is 3.46. The minimum atomic E-state index is -1.06. The van der Waals surface area contributed by atoms with E-state index in [1.54, 1.807) is 36.5 Å². The predicted octanol–water partition coefficient (Wildman–Crippen LogP) is 3.26. The molecule has 186 valence electrons. The number of hydrogen-bond acceptors (Lipinski definition) is 8. The standard InChI is InChI=1S/C25H26N6O4S/c1-25(2,3)29-23(33)20(15-8-9-17-14(12-15)6-4-10-28-17)31(13-16-7-5-11-35-16)24(34)21-18(26)19(22(27)32)30-36-21/h4-12,20H,13,26H2,1-3H3,(H2,27,32)(H,29,33)/t20-/m1/s1. The highest BCUT2D eigenvalue weighted by Crippen LogP contribution is 2.32. The minimum absolute atomic E-state index is 0.00590. The van der Waals surface area contributed by atoms with E-state index in [1.165, 1.54) is 11.2 Å². The topological polar surface area (TPSA) is 157 Å². The molecule has 0 saturated heterocycles. The van der Waals surface area contributed by atoms with Gasteiger partial charge in [0.15, 0.2) is 5.69 Å². The molecule has 0 spiro atoms. The number of rotatable bonds is 7. The molecule has 5 N–H and O–H groups in total. The van der Waals surface area contributed by atoms with E-state index in [2.05, 4.69) is 14.7 Å². The molecule has 0 saturated carbocycles. The Balaban J connectivity index is 1.87. The lowest BCUT2D eigenvalue weighted by molar-refractivity contribution is -0.127. The van der Waals surface area contributed by atoms with Crippen molar-refractivity contribution in [3.63, 3.8) is 0 Å². The first-order chi connectivity index (χ1) is 17.0. The van der Waals surface area contributed by atoms with Crippen molar-refractivity contribution >= 4 is 45.8 Å². The Bertz CT molecular complexity index is 1420. The van der Waals surface area contributed by atoms with Crippen LogP contribution in [0.1, 0.15) is 58.3 Å². The monoisotopic (exact) mass is 506 g/mol. The molecule has 36 heavy (non-hydrogen) atoms. The van der Waals surface area contributed by atoms with Crippen molar-refractivity contribution in [3.8, 4) is 0 Å². The second-order valence-electron chi connectivity index (χ2n) is 9.25. The number of primary amides is 1. The van der Waals surface area contributed by atoms with Crippen LogP contribution in [-0.4, -0.2) is 37.5 Å². The lowest BCUT2D eigenvalue weighted by atomic mass is 9.99. The van der Waals surface area contributed by atoms with Gasteiger partial charge in [-0.05, 0) is 68.2 Å². The minimum Gasteiger partial charge on any atom is -0.467 e. The van der Waals surface area contributed by atoms with Gasteiger partial charge in [0.2, 0.25) is 5.91 Å². The van der Waals surface area contributed by atoms with E-state index in [0.717, 1.165) is 22.4 Å². The molecule has 0 aliphatic heterocycles.